The van der Waals surface area contributed by atoms with Crippen molar-refractivity contribution in [2.24, 2.45) is 11.8 Å². The number of fused-ring (bicyclic) bond motifs is 1. The van der Waals surface area contributed by atoms with Gasteiger partial charge >= 0.3 is 0 Å². The molecule has 0 radical (unpaired) electrons. The van der Waals surface area contributed by atoms with E-state index >= 15 is 0 Å². The van der Waals surface area contributed by atoms with Gasteiger partial charge in [0.25, 0.3) is 0 Å². The monoisotopic (exact) mass is 693 g/mol. The molecule has 7 atom stereocenters. The number of rotatable bonds is 15. The zero-order valence-corrected chi connectivity index (χ0v) is 28.4. The molecule has 3 amide bonds. The second kappa shape index (κ2) is 14.7. The molecule has 3 fully saturated rings. The second-order valence-corrected chi connectivity index (χ2v) is 15.0. The Hall–Kier alpha value is -2.88. The highest BCUT2D eigenvalue weighted by Crippen LogP contribution is 2.68. The van der Waals surface area contributed by atoms with Gasteiger partial charge in [0, 0.05) is 35.4 Å². The number of hydrogen-bond donors (Lipinski definition) is 1. The Morgan fingerprint density at radius 3 is 2.36 bits per heavy atom. The number of hydrogen-bond acceptors (Lipinski definition) is 5. The Labute approximate surface area is 279 Å². The number of alkyl halides is 1. The third-order valence-electron chi connectivity index (χ3n) is 9.50. The van der Waals surface area contributed by atoms with E-state index in [-0.39, 0.29) is 34.4 Å². The van der Waals surface area contributed by atoms with Gasteiger partial charge in [-0.3, -0.25) is 14.4 Å². The summed E-state index contributed by atoms with van der Waals surface area (Å²) in [7, 11) is 0. The largest absolute Gasteiger partial charge is 0.394 e. The zero-order chi connectivity index (χ0) is 32.1. The van der Waals surface area contributed by atoms with E-state index < -0.39 is 28.7 Å². The first-order chi connectivity index (χ1) is 21.8. The zero-order valence-electron chi connectivity index (χ0n) is 26.0. The summed E-state index contributed by atoms with van der Waals surface area (Å²) < 4.78 is -0.807. The van der Waals surface area contributed by atoms with Gasteiger partial charge < -0.3 is 19.8 Å². The van der Waals surface area contributed by atoms with Crippen molar-refractivity contribution in [1.29, 1.82) is 0 Å². The summed E-state index contributed by atoms with van der Waals surface area (Å²) in [5.74, 6) is -1.80. The molecule has 0 aromatic heterocycles. The van der Waals surface area contributed by atoms with Crippen molar-refractivity contribution in [2.75, 3.05) is 31.1 Å². The Morgan fingerprint density at radius 1 is 1.07 bits per heavy atom. The Bertz CT molecular complexity index is 1380. The topological polar surface area (TPSA) is 81.2 Å². The van der Waals surface area contributed by atoms with E-state index in [4.69, 9.17) is 0 Å². The molecule has 3 unspecified atom stereocenters. The van der Waals surface area contributed by atoms with E-state index in [0.717, 1.165) is 30.5 Å². The SMILES string of the molecule is C=CCN(CCCCC)C(=O)C1N([C@@H](CO)Cc2ccccc2)C(=O)[C@@H]2[C@H](C(=O)N(CC=C)c3ccccc3)[C@H]3SC12CC3Br. The smallest absolute Gasteiger partial charge is 0.247 e. The fourth-order valence-corrected chi connectivity index (χ4v) is 11.2. The maximum atomic E-state index is 14.9. The van der Waals surface area contributed by atoms with Crippen molar-refractivity contribution in [3.8, 4) is 0 Å². The lowest BCUT2D eigenvalue weighted by atomic mass is 9.70. The van der Waals surface area contributed by atoms with Crippen molar-refractivity contribution < 1.29 is 19.5 Å². The maximum Gasteiger partial charge on any atom is 0.247 e. The molecule has 2 aromatic rings. The summed E-state index contributed by atoms with van der Waals surface area (Å²) in [6.07, 6.45) is 7.30. The van der Waals surface area contributed by atoms with Crippen LogP contribution in [0.1, 0.15) is 38.2 Å². The minimum absolute atomic E-state index is 0.0493. The van der Waals surface area contributed by atoms with Crippen molar-refractivity contribution >= 4 is 51.1 Å². The summed E-state index contributed by atoms with van der Waals surface area (Å²) in [6.45, 7) is 10.9. The number of aliphatic hydroxyl groups is 1. The lowest BCUT2D eigenvalue weighted by Gasteiger charge is -2.40. The number of unbranched alkanes of at least 4 members (excludes halogenated alkanes) is 2. The van der Waals surface area contributed by atoms with Crippen LogP contribution in [-0.4, -0.2) is 85.8 Å². The molecule has 9 heteroatoms. The van der Waals surface area contributed by atoms with E-state index in [1.54, 1.807) is 33.7 Å². The highest BCUT2D eigenvalue weighted by atomic mass is 79.9. The van der Waals surface area contributed by atoms with Crippen LogP contribution in [0.4, 0.5) is 5.69 Å². The molecule has 45 heavy (non-hydrogen) atoms. The summed E-state index contributed by atoms with van der Waals surface area (Å²) in [5, 5.41) is 10.6. The molecular weight excluding hydrogens is 650 g/mol. The number of carbonyl (C=O) groups excluding carboxylic acids is 3. The van der Waals surface area contributed by atoms with Crippen molar-refractivity contribution in [1.82, 2.24) is 9.80 Å². The standard InChI is InChI=1S/C36H44BrN3O4S/c1-4-7-14-21-38(19-5-2)35(44)32-36-23-28(37)31(45-36)29(33(42)39(20-6-3)26-17-12-9-13-18-26)30(36)34(43)40(32)27(24-41)22-25-15-10-8-11-16-25/h5-6,8-13,15-18,27-32,41H,2-4,7,14,19-24H2,1H3/t27-,28?,29+,30+,31+,32?,36?/m1/s1. The molecule has 2 aromatic carbocycles. The molecule has 3 aliphatic rings. The van der Waals surface area contributed by atoms with Gasteiger partial charge in [-0.25, -0.2) is 0 Å². The number of amides is 3. The minimum Gasteiger partial charge on any atom is -0.394 e. The van der Waals surface area contributed by atoms with Crippen LogP contribution in [-0.2, 0) is 20.8 Å². The summed E-state index contributed by atoms with van der Waals surface area (Å²) in [6, 6.07) is 17.8. The van der Waals surface area contributed by atoms with Crippen molar-refractivity contribution in [3.63, 3.8) is 0 Å². The number of halogens is 1. The molecule has 240 valence electrons. The summed E-state index contributed by atoms with van der Waals surface area (Å²) in [5.41, 5.74) is 1.72. The Kier molecular flexibility index (Phi) is 10.9. The van der Waals surface area contributed by atoms with Gasteiger partial charge in [-0.05, 0) is 37.0 Å². The molecule has 5 rings (SSSR count). The maximum absolute atomic E-state index is 14.9. The van der Waals surface area contributed by atoms with Crippen LogP contribution in [0, 0.1) is 11.8 Å². The summed E-state index contributed by atoms with van der Waals surface area (Å²) >= 11 is 5.52. The first-order valence-electron chi connectivity index (χ1n) is 16.0. The second-order valence-electron chi connectivity index (χ2n) is 12.3. The van der Waals surface area contributed by atoms with E-state index in [9.17, 15) is 19.5 Å². The molecular formula is C36H44BrN3O4S. The predicted octanol–water partition coefficient (Wildman–Crippen LogP) is 5.48. The van der Waals surface area contributed by atoms with Gasteiger partial charge in [0.05, 0.1) is 29.2 Å². The van der Waals surface area contributed by atoms with Crippen LogP contribution in [0.2, 0.25) is 0 Å². The van der Waals surface area contributed by atoms with E-state index in [1.807, 2.05) is 65.6 Å². The van der Waals surface area contributed by atoms with Gasteiger partial charge in [0.2, 0.25) is 17.7 Å². The number of anilines is 1. The Balaban J connectivity index is 1.59. The van der Waals surface area contributed by atoms with Crippen LogP contribution in [0.5, 0.6) is 0 Å². The molecule has 1 spiro atoms. The molecule has 3 saturated heterocycles. The van der Waals surface area contributed by atoms with Gasteiger partial charge in [0.15, 0.2) is 0 Å². The number of para-hydroxylation sites is 1. The average molecular weight is 695 g/mol. The highest BCUT2D eigenvalue weighted by Gasteiger charge is 2.76. The molecule has 3 heterocycles. The van der Waals surface area contributed by atoms with Crippen LogP contribution >= 0.6 is 27.7 Å². The molecule has 0 aliphatic carbocycles. The third-order valence-corrected chi connectivity index (χ3v) is 12.7. The van der Waals surface area contributed by atoms with Crippen molar-refractivity contribution in [2.45, 2.75) is 65.9 Å². The predicted molar refractivity (Wildman–Crippen MR) is 185 cm³/mol. The van der Waals surface area contributed by atoms with Crippen LogP contribution in [0.3, 0.4) is 0 Å². The average Bonchev–Trinajstić information content (AvgIpc) is 3.65. The Morgan fingerprint density at radius 2 is 1.73 bits per heavy atom. The highest BCUT2D eigenvalue weighted by molar-refractivity contribution is 9.09. The molecule has 2 bridgehead atoms. The van der Waals surface area contributed by atoms with Crippen LogP contribution in [0.15, 0.2) is 86.0 Å². The first kappa shape index (κ1) is 33.5. The van der Waals surface area contributed by atoms with Crippen LogP contribution in [0.25, 0.3) is 0 Å². The number of thioether (sulfide) groups is 1. The number of aliphatic hydroxyl groups excluding tert-OH is 1. The quantitative estimate of drug-likeness (QED) is 0.152. The van der Waals surface area contributed by atoms with Crippen molar-refractivity contribution in [3.05, 3.63) is 91.5 Å². The van der Waals surface area contributed by atoms with Crippen LogP contribution < -0.4 is 4.90 Å². The van der Waals surface area contributed by atoms with E-state index in [1.165, 1.54) is 0 Å². The number of likely N-dealkylation sites (tertiary alicyclic amines) is 1. The number of nitrogens with zero attached hydrogens (tertiary/aromatic N) is 3. The first-order valence-corrected chi connectivity index (χ1v) is 17.8. The molecule has 7 nitrogen and oxygen atoms in total. The van der Waals surface area contributed by atoms with Gasteiger partial charge in [0.1, 0.15) is 6.04 Å². The third kappa shape index (κ3) is 6.28. The summed E-state index contributed by atoms with van der Waals surface area (Å²) in [4.78, 5) is 49.4. The van der Waals surface area contributed by atoms with Gasteiger partial charge in [-0.1, -0.05) is 96.4 Å². The minimum atomic E-state index is -0.810. The fourth-order valence-electron chi connectivity index (χ4n) is 7.57. The molecule has 0 saturated carbocycles. The van der Waals surface area contributed by atoms with E-state index in [2.05, 4.69) is 36.0 Å². The molecule has 1 N–H and O–H groups in total. The number of carbonyl (C=O) groups is 3. The lowest BCUT2D eigenvalue weighted by Crippen LogP contribution is -2.58. The van der Waals surface area contributed by atoms with E-state index in [0.29, 0.717) is 32.5 Å². The number of benzene rings is 2. The fraction of sp³-hybridized carbons (Fsp3) is 0.472. The van der Waals surface area contributed by atoms with Gasteiger partial charge in [-0.15, -0.1) is 24.9 Å². The lowest BCUT2D eigenvalue weighted by molar-refractivity contribution is -0.145. The molecule has 3 aliphatic heterocycles. The normalized spacial score (nSPS) is 27.2. The van der Waals surface area contributed by atoms with Gasteiger partial charge in [-0.2, -0.15) is 0 Å².